The van der Waals surface area contributed by atoms with Crippen molar-refractivity contribution in [2.45, 2.75) is 6.92 Å². The van der Waals surface area contributed by atoms with Crippen LogP contribution < -0.4 is 0 Å². The molecule has 0 aliphatic rings. The number of rotatable bonds is 3. The molecule has 0 radical (unpaired) electrons. The number of hydrogen-bond donors (Lipinski definition) is 0. The van der Waals surface area contributed by atoms with Crippen LogP contribution in [0.2, 0.25) is 0 Å². The van der Waals surface area contributed by atoms with Crippen molar-refractivity contribution < 1.29 is 4.79 Å². The van der Waals surface area contributed by atoms with Crippen molar-refractivity contribution >= 4 is 17.9 Å². The maximum absolute atomic E-state index is 11.1. The molecule has 0 atom stereocenters. The summed E-state index contributed by atoms with van der Waals surface area (Å²) < 4.78 is 0. The van der Waals surface area contributed by atoms with E-state index in [9.17, 15) is 4.79 Å². The Bertz CT molecular complexity index is 527. The fourth-order valence-electron chi connectivity index (χ4n) is 1.50. The lowest BCUT2D eigenvalue weighted by molar-refractivity contribution is 0.101. The zero-order chi connectivity index (χ0) is 12.1. The predicted octanol–water partition coefficient (Wildman–Crippen LogP) is 3.45. The molecule has 0 fully saturated rings. The molecule has 2 rings (SSSR count). The fraction of sp³-hybridized carbons (Fsp3) is 0.0667. The van der Waals surface area contributed by atoms with Crippen LogP contribution in [0.1, 0.15) is 28.4 Å². The monoisotopic (exact) mass is 223 g/mol. The molecular weight excluding hydrogens is 210 g/mol. The van der Waals surface area contributed by atoms with Crippen molar-refractivity contribution in [3.63, 3.8) is 0 Å². The summed E-state index contributed by atoms with van der Waals surface area (Å²) in [6, 6.07) is 11.4. The van der Waals surface area contributed by atoms with Crippen LogP contribution in [0.25, 0.3) is 12.2 Å². The molecule has 0 bridgehead atoms. The van der Waals surface area contributed by atoms with Crippen LogP contribution in [0.3, 0.4) is 0 Å². The van der Waals surface area contributed by atoms with E-state index in [1.807, 2.05) is 48.6 Å². The number of Topliss-reactive ketones (excluding diaryl/α,β-unsaturated/α-hetero) is 1. The van der Waals surface area contributed by atoms with Gasteiger partial charge in [-0.1, -0.05) is 42.5 Å². The zero-order valence-corrected chi connectivity index (χ0v) is 9.63. The second kappa shape index (κ2) is 5.21. The highest BCUT2D eigenvalue weighted by Gasteiger charge is 1.96. The van der Waals surface area contributed by atoms with Gasteiger partial charge >= 0.3 is 0 Å². The summed E-state index contributed by atoms with van der Waals surface area (Å²) >= 11 is 0. The van der Waals surface area contributed by atoms with Gasteiger partial charge in [0.25, 0.3) is 0 Å². The zero-order valence-electron chi connectivity index (χ0n) is 9.63. The molecule has 0 spiro atoms. The summed E-state index contributed by atoms with van der Waals surface area (Å²) in [7, 11) is 0. The van der Waals surface area contributed by atoms with E-state index in [0.29, 0.717) is 0 Å². The SMILES string of the molecule is CC(=O)c1ccc(/C=C/c2cccnc2)cc1. The maximum atomic E-state index is 11.1. The lowest BCUT2D eigenvalue weighted by atomic mass is 10.1. The normalized spacial score (nSPS) is 10.6. The highest BCUT2D eigenvalue weighted by molar-refractivity contribution is 5.94. The summed E-state index contributed by atoms with van der Waals surface area (Å²) in [6.45, 7) is 1.57. The lowest BCUT2D eigenvalue weighted by Gasteiger charge is -1.97. The number of pyridine rings is 1. The standard InChI is InChI=1S/C15H13NO/c1-12(17)15-8-6-13(7-9-15)4-5-14-3-2-10-16-11-14/h2-11H,1H3/b5-4+. The van der Waals surface area contributed by atoms with Gasteiger partial charge in [0.1, 0.15) is 0 Å². The molecule has 2 heteroatoms. The van der Waals surface area contributed by atoms with Crippen molar-refractivity contribution in [2.24, 2.45) is 0 Å². The number of nitrogens with zero attached hydrogens (tertiary/aromatic N) is 1. The second-order valence-corrected chi connectivity index (χ2v) is 3.80. The minimum atomic E-state index is 0.0905. The van der Waals surface area contributed by atoms with E-state index >= 15 is 0 Å². The van der Waals surface area contributed by atoms with Crippen LogP contribution in [0.4, 0.5) is 0 Å². The van der Waals surface area contributed by atoms with Gasteiger partial charge in [0.15, 0.2) is 5.78 Å². The topological polar surface area (TPSA) is 30.0 Å². The smallest absolute Gasteiger partial charge is 0.159 e. The number of aromatic nitrogens is 1. The summed E-state index contributed by atoms with van der Waals surface area (Å²) in [5.41, 5.74) is 2.87. The summed E-state index contributed by atoms with van der Waals surface area (Å²) in [4.78, 5) is 15.1. The third-order valence-corrected chi connectivity index (χ3v) is 2.47. The van der Waals surface area contributed by atoms with Gasteiger partial charge in [0, 0.05) is 18.0 Å². The number of hydrogen-bond acceptors (Lipinski definition) is 2. The molecule has 0 saturated carbocycles. The first-order valence-electron chi connectivity index (χ1n) is 5.45. The maximum Gasteiger partial charge on any atom is 0.159 e. The fourth-order valence-corrected chi connectivity index (χ4v) is 1.50. The molecule has 2 aromatic rings. The molecule has 17 heavy (non-hydrogen) atoms. The van der Waals surface area contributed by atoms with Gasteiger partial charge in [-0.15, -0.1) is 0 Å². The molecule has 0 unspecified atom stereocenters. The molecule has 1 aromatic carbocycles. The Morgan fingerprint density at radius 1 is 1.06 bits per heavy atom. The summed E-state index contributed by atoms with van der Waals surface area (Å²) in [5.74, 6) is 0.0905. The van der Waals surface area contributed by atoms with Gasteiger partial charge < -0.3 is 0 Å². The molecule has 0 aliphatic heterocycles. The Balaban J connectivity index is 2.14. The second-order valence-electron chi connectivity index (χ2n) is 3.80. The first-order valence-corrected chi connectivity index (χ1v) is 5.45. The van der Waals surface area contributed by atoms with Crippen LogP contribution in [-0.4, -0.2) is 10.8 Å². The number of benzene rings is 1. The van der Waals surface area contributed by atoms with Crippen molar-refractivity contribution in [3.8, 4) is 0 Å². The molecule has 1 aromatic heterocycles. The van der Waals surface area contributed by atoms with E-state index in [2.05, 4.69) is 4.98 Å². The van der Waals surface area contributed by atoms with Gasteiger partial charge in [0.05, 0.1) is 0 Å². The average Bonchev–Trinajstić information content (AvgIpc) is 2.38. The molecule has 84 valence electrons. The van der Waals surface area contributed by atoms with E-state index in [-0.39, 0.29) is 5.78 Å². The Morgan fingerprint density at radius 3 is 2.35 bits per heavy atom. The third-order valence-electron chi connectivity index (χ3n) is 2.47. The quantitative estimate of drug-likeness (QED) is 0.746. The van der Waals surface area contributed by atoms with Gasteiger partial charge in [-0.2, -0.15) is 0 Å². The summed E-state index contributed by atoms with van der Waals surface area (Å²) in [5, 5.41) is 0. The minimum absolute atomic E-state index is 0.0905. The van der Waals surface area contributed by atoms with E-state index in [1.54, 1.807) is 19.3 Å². The summed E-state index contributed by atoms with van der Waals surface area (Å²) in [6.07, 6.45) is 7.55. The first-order chi connectivity index (χ1) is 8.25. The number of carbonyl (C=O) groups is 1. The molecular formula is C15H13NO. The van der Waals surface area contributed by atoms with Gasteiger partial charge in [-0.05, 0) is 24.1 Å². The van der Waals surface area contributed by atoms with Gasteiger partial charge in [-0.25, -0.2) is 0 Å². The molecule has 0 amide bonds. The van der Waals surface area contributed by atoms with E-state index in [4.69, 9.17) is 0 Å². The minimum Gasteiger partial charge on any atom is -0.295 e. The Kier molecular flexibility index (Phi) is 3.46. The van der Waals surface area contributed by atoms with Crippen molar-refractivity contribution in [1.29, 1.82) is 0 Å². The molecule has 0 aliphatic carbocycles. The average molecular weight is 223 g/mol. The van der Waals surface area contributed by atoms with Crippen molar-refractivity contribution in [3.05, 3.63) is 65.5 Å². The molecule has 2 nitrogen and oxygen atoms in total. The predicted molar refractivity (Wildman–Crippen MR) is 69.6 cm³/mol. The Hall–Kier alpha value is -2.22. The van der Waals surface area contributed by atoms with Crippen LogP contribution >= 0.6 is 0 Å². The van der Waals surface area contributed by atoms with E-state index < -0.39 is 0 Å². The third kappa shape index (κ3) is 3.11. The van der Waals surface area contributed by atoms with Crippen LogP contribution in [0, 0.1) is 0 Å². The van der Waals surface area contributed by atoms with Crippen molar-refractivity contribution in [2.75, 3.05) is 0 Å². The lowest BCUT2D eigenvalue weighted by Crippen LogP contribution is -1.90. The highest BCUT2D eigenvalue weighted by Crippen LogP contribution is 2.09. The number of ketones is 1. The number of carbonyl (C=O) groups excluding carboxylic acids is 1. The highest BCUT2D eigenvalue weighted by atomic mass is 16.1. The Morgan fingerprint density at radius 2 is 1.76 bits per heavy atom. The van der Waals surface area contributed by atoms with Gasteiger partial charge in [-0.3, -0.25) is 9.78 Å². The van der Waals surface area contributed by atoms with Crippen LogP contribution in [-0.2, 0) is 0 Å². The van der Waals surface area contributed by atoms with E-state index in [1.165, 1.54) is 0 Å². The molecule has 1 heterocycles. The largest absolute Gasteiger partial charge is 0.295 e. The molecule has 0 N–H and O–H groups in total. The van der Waals surface area contributed by atoms with Crippen LogP contribution in [0.5, 0.6) is 0 Å². The first kappa shape index (κ1) is 11.3. The van der Waals surface area contributed by atoms with Crippen LogP contribution in [0.15, 0.2) is 48.8 Å². The molecule has 0 saturated heterocycles. The van der Waals surface area contributed by atoms with Crippen molar-refractivity contribution in [1.82, 2.24) is 4.98 Å². The van der Waals surface area contributed by atoms with Gasteiger partial charge in [0.2, 0.25) is 0 Å². The Labute approximate surface area is 101 Å². The van der Waals surface area contributed by atoms with E-state index in [0.717, 1.165) is 16.7 Å².